The third-order valence-corrected chi connectivity index (χ3v) is 5.03. The SMILES string of the molecule is N#C[C@H](c1ccc(Br)cc1)[C@@H](CC(=O)c1ccccc1)c1ccccc1. The molecule has 2 nitrogen and oxygen atoms in total. The highest BCUT2D eigenvalue weighted by atomic mass is 79.9. The van der Waals surface area contributed by atoms with Crippen LogP contribution in [-0.2, 0) is 0 Å². The lowest BCUT2D eigenvalue weighted by Gasteiger charge is -2.22. The van der Waals surface area contributed by atoms with E-state index in [4.69, 9.17) is 0 Å². The lowest BCUT2D eigenvalue weighted by Crippen LogP contribution is -2.15. The van der Waals surface area contributed by atoms with Crippen molar-refractivity contribution in [3.05, 3.63) is 106 Å². The summed E-state index contributed by atoms with van der Waals surface area (Å²) >= 11 is 3.43. The first kappa shape index (κ1) is 18.1. The van der Waals surface area contributed by atoms with Crippen LogP contribution in [0.4, 0.5) is 0 Å². The maximum Gasteiger partial charge on any atom is 0.163 e. The van der Waals surface area contributed by atoms with Crippen LogP contribution in [0.1, 0.15) is 39.7 Å². The van der Waals surface area contributed by atoms with Crippen LogP contribution in [0.5, 0.6) is 0 Å². The van der Waals surface area contributed by atoms with Crippen LogP contribution in [0.15, 0.2) is 89.4 Å². The van der Waals surface area contributed by atoms with Crippen LogP contribution in [0, 0.1) is 11.3 Å². The zero-order valence-corrected chi connectivity index (χ0v) is 15.8. The van der Waals surface area contributed by atoms with Gasteiger partial charge in [-0.1, -0.05) is 88.7 Å². The third kappa shape index (κ3) is 4.28. The molecule has 0 spiro atoms. The van der Waals surface area contributed by atoms with E-state index in [1.165, 1.54) is 0 Å². The summed E-state index contributed by atoms with van der Waals surface area (Å²) in [6.07, 6.45) is 0.294. The molecule has 128 valence electrons. The maximum absolute atomic E-state index is 12.8. The Bertz CT molecular complexity index is 898. The molecule has 2 atom stereocenters. The summed E-state index contributed by atoms with van der Waals surface area (Å²) in [4.78, 5) is 12.8. The monoisotopic (exact) mass is 403 g/mol. The Morgan fingerprint density at radius 3 is 2.00 bits per heavy atom. The number of carbonyl (C=O) groups excluding carboxylic acids is 1. The van der Waals surface area contributed by atoms with Crippen molar-refractivity contribution in [1.29, 1.82) is 5.26 Å². The van der Waals surface area contributed by atoms with Gasteiger partial charge in [-0.3, -0.25) is 4.79 Å². The minimum absolute atomic E-state index is 0.0526. The third-order valence-electron chi connectivity index (χ3n) is 4.50. The van der Waals surface area contributed by atoms with Gasteiger partial charge in [-0.05, 0) is 23.3 Å². The average Bonchev–Trinajstić information content (AvgIpc) is 2.70. The smallest absolute Gasteiger partial charge is 0.163 e. The molecule has 0 saturated heterocycles. The van der Waals surface area contributed by atoms with Crippen molar-refractivity contribution >= 4 is 21.7 Å². The molecular formula is C23H18BrNO. The summed E-state index contributed by atoms with van der Waals surface area (Å²) in [5, 5.41) is 9.89. The van der Waals surface area contributed by atoms with Crippen LogP contribution < -0.4 is 0 Å². The second-order valence-corrected chi connectivity index (χ2v) is 7.08. The van der Waals surface area contributed by atoms with Crippen LogP contribution >= 0.6 is 15.9 Å². The number of Topliss-reactive ketones (excluding diaryl/α,β-unsaturated/α-hetero) is 1. The van der Waals surface area contributed by atoms with E-state index >= 15 is 0 Å². The van der Waals surface area contributed by atoms with E-state index in [0.29, 0.717) is 12.0 Å². The Kier molecular flexibility index (Phi) is 5.99. The first-order chi connectivity index (χ1) is 12.7. The van der Waals surface area contributed by atoms with Crippen molar-refractivity contribution in [1.82, 2.24) is 0 Å². The highest BCUT2D eigenvalue weighted by molar-refractivity contribution is 9.10. The lowest BCUT2D eigenvalue weighted by atomic mass is 9.78. The van der Waals surface area contributed by atoms with E-state index in [2.05, 4.69) is 22.0 Å². The first-order valence-corrected chi connectivity index (χ1v) is 9.26. The number of hydrogen-bond acceptors (Lipinski definition) is 2. The number of nitrogens with zero attached hydrogens (tertiary/aromatic N) is 1. The van der Waals surface area contributed by atoms with Gasteiger partial charge in [-0.25, -0.2) is 0 Å². The van der Waals surface area contributed by atoms with Gasteiger partial charge in [-0.15, -0.1) is 0 Å². The van der Waals surface area contributed by atoms with E-state index in [0.717, 1.165) is 15.6 Å². The van der Waals surface area contributed by atoms with Crippen molar-refractivity contribution in [2.45, 2.75) is 18.3 Å². The van der Waals surface area contributed by atoms with Gasteiger partial charge < -0.3 is 0 Å². The molecule has 0 aliphatic carbocycles. The summed E-state index contributed by atoms with van der Waals surface area (Å²) < 4.78 is 0.967. The lowest BCUT2D eigenvalue weighted by molar-refractivity contribution is 0.0972. The Morgan fingerprint density at radius 1 is 0.846 bits per heavy atom. The molecule has 0 aliphatic heterocycles. The number of halogens is 1. The second-order valence-electron chi connectivity index (χ2n) is 6.17. The molecule has 0 heterocycles. The molecule has 0 fully saturated rings. The predicted molar refractivity (Wildman–Crippen MR) is 107 cm³/mol. The fourth-order valence-corrected chi connectivity index (χ4v) is 3.40. The fraction of sp³-hybridized carbons (Fsp3) is 0.130. The molecular weight excluding hydrogens is 386 g/mol. The Balaban J connectivity index is 1.96. The zero-order chi connectivity index (χ0) is 18.4. The van der Waals surface area contributed by atoms with Crippen molar-refractivity contribution in [3.63, 3.8) is 0 Å². The molecule has 3 aromatic rings. The summed E-state index contributed by atoms with van der Waals surface area (Å²) in [5.41, 5.74) is 2.61. The number of nitriles is 1. The summed E-state index contributed by atoms with van der Waals surface area (Å²) in [5.74, 6) is -0.537. The van der Waals surface area contributed by atoms with E-state index in [1.54, 1.807) is 0 Å². The van der Waals surface area contributed by atoms with Gasteiger partial charge in [0.15, 0.2) is 5.78 Å². The highest BCUT2D eigenvalue weighted by Gasteiger charge is 2.27. The summed E-state index contributed by atoms with van der Waals surface area (Å²) in [6.45, 7) is 0. The van der Waals surface area contributed by atoms with Crippen LogP contribution in [0.3, 0.4) is 0 Å². The van der Waals surface area contributed by atoms with E-state index < -0.39 is 5.92 Å². The number of carbonyl (C=O) groups is 1. The molecule has 0 aliphatic rings. The minimum Gasteiger partial charge on any atom is -0.294 e. The number of hydrogen-bond donors (Lipinski definition) is 0. The second kappa shape index (κ2) is 8.60. The maximum atomic E-state index is 12.8. The topological polar surface area (TPSA) is 40.9 Å². The van der Waals surface area contributed by atoms with Gasteiger partial charge in [0, 0.05) is 22.4 Å². The van der Waals surface area contributed by atoms with E-state index in [1.807, 2.05) is 84.9 Å². The van der Waals surface area contributed by atoms with Gasteiger partial charge >= 0.3 is 0 Å². The highest BCUT2D eigenvalue weighted by Crippen LogP contribution is 2.36. The zero-order valence-electron chi connectivity index (χ0n) is 14.2. The molecule has 0 amide bonds. The fourth-order valence-electron chi connectivity index (χ4n) is 3.14. The molecule has 0 saturated carbocycles. The molecule has 0 bridgehead atoms. The number of ketones is 1. The van der Waals surface area contributed by atoms with Crippen LogP contribution in [-0.4, -0.2) is 5.78 Å². The minimum atomic E-state index is -0.391. The molecule has 0 N–H and O–H groups in total. The first-order valence-electron chi connectivity index (χ1n) is 8.47. The number of rotatable bonds is 6. The van der Waals surface area contributed by atoms with E-state index in [9.17, 15) is 10.1 Å². The Hall–Kier alpha value is -2.70. The van der Waals surface area contributed by atoms with Crippen molar-refractivity contribution < 1.29 is 4.79 Å². The molecule has 26 heavy (non-hydrogen) atoms. The predicted octanol–water partition coefficient (Wildman–Crippen LogP) is 6.11. The van der Waals surface area contributed by atoms with Crippen LogP contribution in [0.2, 0.25) is 0 Å². The van der Waals surface area contributed by atoms with Gasteiger partial charge in [-0.2, -0.15) is 5.26 Å². The normalized spacial score (nSPS) is 12.8. The molecule has 3 aromatic carbocycles. The molecule has 0 unspecified atom stereocenters. The van der Waals surface area contributed by atoms with Crippen molar-refractivity contribution in [3.8, 4) is 6.07 Å². The van der Waals surface area contributed by atoms with Gasteiger partial charge in [0.05, 0.1) is 12.0 Å². The van der Waals surface area contributed by atoms with Crippen molar-refractivity contribution in [2.75, 3.05) is 0 Å². The summed E-state index contributed by atoms with van der Waals surface area (Å²) in [7, 11) is 0. The summed E-state index contributed by atoms with van der Waals surface area (Å²) in [6, 6.07) is 29.3. The van der Waals surface area contributed by atoms with Crippen LogP contribution in [0.25, 0.3) is 0 Å². The average molecular weight is 404 g/mol. The Labute approximate surface area is 162 Å². The van der Waals surface area contributed by atoms with E-state index in [-0.39, 0.29) is 11.7 Å². The number of benzene rings is 3. The van der Waals surface area contributed by atoms with Gasteiger partial charge in [0.2, 0.25) is 0 Å². The molecule has 0 aromatic heterocycles. The standard InChI is InChI=1S/C23H18BrNO/c24-20-13-11-18(12-14-20)22(16-25)21(17-7-3-1-4-8-17)15-23(26)19-9-5-2-6-10-19/h1-14,21-22H,15H2/t21-,22+/m0/s1. The quantitative estimate of drug-likeness (QED) is 0.465. The molecule has 3 rings (SSSR count). The van der Waals surface area contributed by atoms with Gasteiger partial charge in [0.25, 0.3) is 0 Å². The van der Waals surface area contributed by atoms with Gasteiger partial charge in [0.1, 0.15) is 0 Å². The largest absolute Gasteiger partial charge is 0.294 e. The molecule has 3 heteroatoms. The van der Waals surface area contributed by atoms with Crippen molar-refractivity contribution in [2.24, 2.45) is 0 Å². The Morgan fingerprint density at radius 2 is 1.42 bits per heavy atom. The molecule has 0 radical (unpaired) electrons.